The zero-order chi connectivity index (χ0) is 12.2. The van der Waals surface area contributed by atoms with Crippen molar-refractivity contribution in [3.8, 4) is 0 Å². The Morgan fingerprint density at radius 3 is 2.65 bits per heavy atom. The van der Waals surface area contributed by atoms with Gasteiger partial charge in [0.2, 0.25) is 10.6 Å². The number of alkyl halides is 3. The van der Waals surface area contributed by atoms with E-state index in [1.165, 1.54) is 4.52 Å². The molecule has 3 rings (SSSR count). The van der Waals surface area contributed by atoms with Crippen LogP contribution in [0.3, 0.4) is 0 Å². The lowest BCUT2D eigenvalue weighted by Crippen LogP contribution is -2.13. The Labute approximate surface area is 98.5 Å². The van der Waals surface area contributed by atoms with Gasteiger partial charge in [-0.3, -0.25) is 5.10 Å². The minimum absolute atomic E-state index is 0.158. The van der Waals surface area contributed by atoms with Crippen LogP contribution in [0.15, 0.2) is 6.07 Å². The number of hydrogen-bond acceptors (Lipinski definition) is 3. The number of aromatic nitrogens is 4. The molecule has 0 bridgehead atoms. The molecule has 0 aromatic carbocycles. The molecule has 1 fully saturated rings. The van der Waals surface area contributed by atoms with Crippen molar-refractivity contribution in [2.45, 2.75) is 24.9 Å². The van der Waals surface area contributed by atoms with Gasteiger partial charge in [-0.1, -0.05) is 0 Å². The van der Waals surface area contributed by atoms with E-state index in [4.69, 9.17) is 12.2 Å². The second-order valence-electron chi connectivity index (χ2n) is 4.01. The molecule has 1 N–H and O–H groups in total. The summed E-state index contributed by atoms with van der Waals surface area (Å²) < 4.78 is 38.6. The average molecular weight is 260 g/mol. The highest BCUT2D eigenvalue weighted by Gasteiger charge is 2.35. The van der Waals surface area contributed by atoms with Gasteiger partial charge in [0.25, 0.3) is 0 Å². The quantitative estimate of drug-likeness (QED) is 0.802. The molecular formula is C9H7F3N4S. The third-order valence-electron chi connectivity index (χ3n) is 2.64. The van der Waals surface area contributed by atoms with Crippen LogP contribution in [0.1, 0.15) is 30.3 Å². The van der Waals surface area contributed by atoms with Crippen LogP contribution in [0.4, 0.5) is 13.2 Å². The Balaban J connectivity index is 2.21. The first kappa shape index (κ1) is 10.7. The summed E-state index contributed by atoms with van der Waals surface area (Å²) in [4.78, 5) is 6.74. The summed E-state index contributed by atoms with van der Waals surface area (Å²) in [6.07, 6.45) is -2.49. The number of halogens is 3. The monoisotopic (exact) mass is 260 g/mol. The van der Waals surface area contributed by atoms with Gasteiger partial charge in [-0.25, -0.2) is 9.50 Å². The van der Waals surface area contributed by atoms with Gasteiger partial charge in [0.1, 0.15) is 0 Å². The second kappa shape index (κ2) is 3.28. The third kappa shape index (κ3) is 1.82. The number of H-pyrrole nitrogens is 1. The Morgan fingerprint density at radius 2 is 2.06 bits per heavy atom. The van der Waals surface area contributed by atoms with Crippen LogP contribution in [-0.2, 0) is 6.18 Å². The van der Waals surface area contributed by atoms with Crippen LogP contribution >= 0.6 is 12.2 Å². The fraction of sp³-hybridized carbons (Fsp3) is 0.444. The van der Waals surface area contributed by atoms with Crippen molar-refractivity contribution in [3.63, 3.8) is 0 Å². The summed E-state index contributed by atoms with van der Waals surface area (Å²) in [5.41, 5.74) is 1.03. The lowest BCUT2D eigenvalue weighted by Gasteiger charge is -2.03. The Bertz CT molecular complexity index is 638. The van der Waals surface area contributed by atoms with Gasteiger partial charge >= 0.3 is 6.18 Å². The molecule has 0 spiro atoms. The molecule has 2 heterocycles. The van der Waals surface area contributed by atoms with Gasteiger partial charge < -0.3 is 0 Å². The van der Waals surface area contributed by atoms with Gasteiger partial charge in [0, 0.05) is 17.7 Å². The van der Waals surface area contributed by atoms with E-state index >= 15 is 0 Å². The lowest BCUT2D eigenvalue weighted by molar-refractivity contribution is -0.145. The molecule has 4 nitrogen and oxygen atoms in total. The van der Waals surface area contributed by atoms with E-state index in [-0.39, 0.29) is 10.4 Å². The fourth-order valence-corrected chi connectivity index (χ4v) is 1.88. The van der Waals surface area contributed by atoms with Crippen LogP contribution in [0.25, 0.3) is 5.65 Å². The van der Waals surface area contributed by atoms with Crippen molar-refractivity contribution >= 4 is 17.9 Å². The number of fused-ring (bicyclic) bond motifs is 1. The summed E-state index contributed by atoms with van der Waals surface area (Å²) in [6, 6.07) is 1.60. The van der Waals surface area contributed by atoms with Gasteiger partial charge in [-0.15, -0.1) is 0 Å². The Morgan fingerprint density at radius 1 is 1.35 bits per heavy atom. The normalized spacial score (nSPS) is 16.6. The van der Waals surface area contributed by atoms with E-state index in [9.17, 15) is 13.2 Å². The average Bonchev–Trinajstić information content (AvgIpc) is 2.97. The molecule has 17 heavy (non-hydrogen) atoms. The Kier molecular flexibility index (Phi) is 2.07. The minimum atomic E-state index is -4.57. The topological polar surface area (TPSA) is 46.0 Å². The van der Waals surface area contributed by atoms with Crippen molar-refractivity contribution in [3.05, 3.63) is 22.4 Å². The van der Waals surface area contributed by atoms with E-state index in [2.05, 4.69) is 15.1 Å². The molecule has 1 aliphatic carbocycles. The first-order valence-corrected chi connectivity index (χ1v) is 5.43. The van der Waals surface area contributed by atoms with E-state index < -0.39 is 12.0 Å². The van der Waals surface area contributed by atoms with Crippen molar-refractivity contribution in [2.75, 3.05) is 0 Å². The first-order chi connectivity index (χ1) is 7.95. The van der Waals surface area contributed by atoms with Crippen molar-refractivity contribution in [1.82, 2.24) is 19.6 Å². The van der Waals surface area contributed by atoms with Crippen LogP contribution in [0, 0.1) is 4.77 Å². The predicted octanol–water partition coefficient (Wildman–Crippen LogP) is 2.68. The largest absolute Gasteiger partial charge is 0.451 e. The van der Waals surface area contributed by atoms with E-state index in [0.717, 1.165) is 18.5 Å². The number of aromatic amines is 1. The van der Waals surface area contributed by atoms with Crippen molar-refractivity contribution in [2.24, 2.45) is 0 Å². The molecule has 0 amide bonds. The number of hydrogen-bond donors (Lipinski definition) is 1. The number of rotatable bonds is 1. The standard InChI is InChI=1S/C9H7F3N4S/c10-9(11,12)7-13-6-3-5(4-1-2-4)15-16(6)8(17)14-7/h3-4,15H,1-2H2. The molecule has 90 valence electrons. The highest BCUT2D eigenvalue weighted by atomic mass is 32.1. The second-order valence-corrected chi connectivity index (χ2v) is 4.37. The minimum Gasteiger partial charge on any atom is -0.294 e. The lowest BCUT2D eigenvalue weighted by atomic mass is 10.3. The molecule has 2 aromatic heterocycles. The van der Waals surface area contributed by atoms with Crippen LogP contribution < -0.4 is 0 Å². The smallest absolute Gasteiger partial charge is 0.294 e. The van der Waals surface area contributed by atoms with Gasteiger partial charge in [-0.2, -0.15) is 18.2 Å². The highest BCUT2D eigenvalue weighted by Crippen LogP contribution is 2.39. The predicted molar refractivity (Wildman–Crippen MR) is 55.1 cm³/mol. The molecule has 0 radical (unpaired) electrons. The summed E-state index contributed by atoms with van der Waals surface area (Å²) in [7, 11) is 0. The van der Waals surface area contributed by atoms with E-state index in [0.29, 0.717) is 5.92 Å². The Hall–Kier alpha value is -1.44. The van der Waals surface area contributed by atoms with Crippen LogP contribution in [0.2, 0.25) is 0 Å². The van der Waals surface area contributed by atoms with Crippen LogP contribution in [-0.4, -0.2) is 19.6 Å². The zero-order valence-corrected chi connectivity index (χ0v) is 9.27. The van der Waals surface area contributed by atoms with Gasteiger partial charge in [0.05, 0.1) is 0 Å². The fourth-order valence-electron chi connectivity index (χ4n) is 1.65. The maximum absolute atomic E-state index is 12.5. The molecule has 0 unspecified atom stereocenters. The molecule has 0 saturated heterocycles. The molecule has 1 saturated carbocycles. The molecule has 0 atom stereocenters. The third-order valence-corrected chi connectivity index (χ3v) is 2.91. The zero-order valence-electron chi connectivity index (χ0n) is 8.45. The summed E-state index contributed by atoms with van der Waals surface area (Å²) in [5, 5.41) is 2.92. The molecule has 1 aliphatic rings. The first-order valence-electron chi connectivity index (χ1n) is 5.02. The SMILES string of the molecule is FC(F)(F)c1nc(=S)n2[nH]c(C3CC3)cc2n1. The summed E-state index contributed by atoms with van der Waals surface area (Å²) >= 11 is 4.81. The van der Waals surface area contributed by atoms with E-state index in [1.54, 1.807) is 6.07 Å². The van der Waals surface area contributed by atoms with Crippen molar-refractivity contribution in [1.29, 1.82) is 0 Å². The maximum Gasteiger partial charge on any atom is 0.451 e. The maximum atomic E-state index is 12.5. The number of nitrogens with one attached hydrogen (secondary N) is 1. The summed E-state index contributed by atoms with van der Waals surface area (Å²) in [6.45, 7) is 0. The van der Waals surface area contributed by atoms with Gasteiger partial charge in [-0.05, 0) is 25.1 Å². The summed E-state index contributed by atoms with van der Waals surface area (Å²) in [5.74, 6) is -0.802. The van der Waals surface area contributed by atoms with Gasteiger partial charge in [0.15, 0.2) is 5.65 Å². The molecular weight excluding hydrogens is 253 g/mol. The number of nitrogens with zero attached hydrogens (tertiary/aromatic N) is 3. The molecule has 2 aromatic rings. The van der Waals surface area contributed by atoms with Crippen molar-refractivity contribution < 1.29 is 13.2 Å². The highest BCUT2D eigenvalue weighted by molar-refractivity contribution is 7.71. The molecule has 8 heteroatoms. The molecule has 0 aliphatic heterocycles. The van der Waals surface area contributed by atoms with Crippen LogP contribution in [0.5, 0.6) is 0 Å². The van der Waals surface area contributed by atoms with E-state index in [1.807, 2.05) is 0 Å².